The Hall–Kier alpha value is -1.91. The fraction of sp³-hybridized carbons (Fsp3) is 0.650. The fourth-order valence-corrected chi connectivity index (χ4v) is 2.82. The van der Waals surface area contributed by atoms with Gasteiger partial charge in [-0.05, 0) is 25.3 Å². The zero-order chi connectivity index (χ0) is 18.8. The second-order valence-corrected chi connectivity index (χ2v) is 6.19. The molecule has 1 aromatic rings. The molecular formula is C20H32O5. The second kappa shape index (κ2) is 10.9. The van der Waals surface area contributed by atoms with Crippen LogP contribution in [0.3, 0.4) is 0 Å². The molecule has 142 valence electrons. The first-order valence-corrected chi connectivity index (χ1v) is 8.99. The highest BCUT2D eigenvalue weighted by atomic mass is 16.5. The van der Waals surface area contributed by atoms with E-state index < -0.39 is 5.92 Å². The molecule has 0 saturated carbocycles. The lowest BCUT2D eigenvalue weighted by Crippen LogP contribution is -2.19. The Kier molecular flexibility index (Phi) is 9.17. The first kappa shape index (κ1) is 21.1. The molecule has 5 nitrogen and oxygen atoms in total. The molecule has 5 heteroatoms. The lowest BCUT2D eigenvalue weighted by molar-refractivity contribution is -0.146. The summed E-state index contributed by atoms with van der Waals surface area (Å²) < 4.78 is 21.7. The molecule has 1 aromatic carbocycles. The minimum Gasteiger partial charge on any atom is -0.493 e. The topological polar surface area (TPSA) is 54.0 Å². The molecule has 2 atom stereocenters. The van der Waals surface area contributed by atoms with Crippen molar-refractivity contribution in [2.45, 2.75) is 52.4 Å². The van der Waals surface area contributed by atoms with Gasteiger partial charge in [0.05, 0.1) is 33.9 Å². The van der Waals surface area contributed by atoms with Crippen LogP contribution in [-0.2, 0) is 9.53 Å². The van der Waals surface area contributed by atoms with Crippen LogP contribution in [-0.4, -0.2) is 33.9 Å². The first-order chi connectivity index (χ1) is 12.0. The van der Waals surface area contributed by atoms with Crippen LogP contribution < -0.4 is 14.2 Å². The summed E-state index contributed by atoms with van der Waals surface area (Å²) in [4.78, 5) is 12.5. The summed E-state index contributed by atoms with van der Waals surface area (Å²) in [6.07, 6.45) is 4.43. The van der Waals surface area contributed by atoms with Crippen molar-refractivity contribution in [3.63, 3.8) is 0 Å². The normalized spacial score (nSPS) is 13.0. The van der Waals surface area contributed by atoms with E-state index in [1.165, 1.54) is 0 Å². The lowest BCUT2D eigenvalue weighted by atomic mass is 9.98. The van der Waals surface area contributed by atoms with Crippen LogP contribution >= 0.6 is 0 Å². The van der Waals surface area contributed by atoms with Gasteiger partial charge in [-0.1, -0.05) is 39.2 Å². The maximum Gasteiger partial charge on any atom is 0.313 e. The molecule has 0 spiro atoms. The van der Waals surface area contributed by atoms with Crippen molar-refractivity contribution < 1.29 is 23.7 Å². The molecule has 0 aromatic heterocycles. The van der Waals surface area contributed by atoms with Gasteiger partial charge in [0.2, 0.25) is 5.75 Å². The van der Waals surface area contributed by atoms with Crippen molar-refractivity contribution in [2.24, 2.45) is 5.92 Å². The predicted octanol–water partition coefficient (Wildman–Crippen LogP) is 4.58. The molecule has 0 amide bonds. The van der Waals surface area contributed by atoms with Gasteiger partial charge in [-0.3, -0.25) is 4.79 Å². The van der Waals surface area contributed by atoms with Crippen LogP contribution in [0.2, 0.25) is 0 Å². The minimum atomic E-state index is -0.446. The molecule has 1 rings (SSSR count). The third-order valence-corrected chi connectivity index (χ3v) is 4.56. The maximum absolute atomic E-state index is 12.5. The Morgan fingerprint density at radius 1 is 1.04 bits per heavy atom. The van der Waals surface area contributed by atoms with E-state index in [1.54, 1.807) is 27.4 Å². The van der Waals surface area contributed by atoms with Gasteiger partial charge in [-0.2, -0.15) is 0 Å². The largest absolute Gasteiger partial charge is 0.493 e. The molecule has 0 N–H and O–H groups in total. The molecular weight excluding hydrogens is 320 g/mol. The molecule has 0 aliphatic heterocycles. The lowest BCUT2D eigenvalue weighted by Gasteiger charge is -2.20. The summed E-state index contributed by atoms with van der Waals surface area (Å²) in [6.45, 7) is 6.59. The Morgan fingerprint density at radius 2 is 1.72 bits per heavy atom. The van der Waals surface area contributed by atoms with Crippen molar-refractivity contribution in [2.75, 3.05) is 27.9 Å². The average molecular weight is 352 g/mol. The maximum atomic E-state index is 12.5. The van der Waals surface area contributed by atoms with Crippen LogP contribution in [0.4, 0.5) is 0 Å². The minimum absolute atomic E-state index is 0.250. The molecule has 0 radical (unpaired) electrons. The van der Waals surface area contributed by atoms with Crippen LogP contribution in [0.25, 0.3) is 0 Å². The van der Waals surface area contributed by atoms with Crippen molar-refractivity contribution in [3.8, 4) is 17.2 Å². The van der Waals surface area contributed by atoms with Crippen LogP contribution in [0.1, 0.15) is 57.9 Å². The van der Waals surface area contributed by atoms with E-state index in [0.29, 0.717) is 29.8 Å². The Balaban J connectivity index is 2.88. The van der Waals surface area contributed by atoms with Gasteiger partial charge in [0.25, 0.3) is 0 Å². The van der Waals surface area contributed by atoms with E-state index >= 15 is 0 Å². The predicted molar refractivity (Wildman–Crippen MR) is 98.8 cm³/mol. The van der Waals surface area contributed by atoms with Gasteiger partial charge in [-0.25, -0.2) is 0 Å². The third-order valence-electron chi connectivity index (χ3n) is 4.56. The van der Waals surface area contributed by atoms with E-state index in [0.717, 1.165) is 31.2 Å². The summed E-state index contributed by atoms with van der Waals surface area (Å²) in [6, 6.07) is 3.59. The second-order valence-electron chi connectivity index (χ2n) is 6.19. The zero-order valence-corrected chi connectivity index (χ0v) is 16.4. The number of esters is 1. The zero-order valence-electron chi connectivity index (χ0n) is 16.4. The number of methoxy groups -OCH3 is 3. The van der Waals surface area contributed by atoms with Crippen LogP contribution in [0, 0.1) is 5.92 Å². The van der Waals surface area contributed by atoms with Gasteiger partial charge in [0.1, 0.15) is 0 Å². The number of rotatable bonds is 11. The van der Waals surface area contributed by atoms with E-state index in [4.69, 9.17) is 18.9 Å². The highest BCUT2D eigenvalue weighted by molar-refractivity contribution is 5.79. The summed E-state index contributed by atoms with van der Waals surface area (Å²) in [5, 5.41) is 0. The fourth-order valence-electron chi connectivity index (χ4n) is 2.82. The quantitative estimate of drug-likeness (QED) is 0.546. The van der Waals surface area contributed by atoms with Gasteiger partial charge in [0.15, 0.2) is 11.5 Å². The summed E-state index contributed by atoms with van der Waals surface area (Å²) >= 11 is 0. The molecule has 0 aliphatic carbocycles. The highest BCUT2D eigenvalue weighted by Crippen LogP contribution is 2.42. The molecule has 0 saturated heterocycles. The van der Waals surface area contributed by atoms with Crippen molar-refractivity contribution in [3.05, 3.63) is 17.7 Å². The van der Waals surface area contributed by atoms with E-state index in [-0.39, 0.29) is 5.97 Å². The molecule has 0 fully saturated rings. The van der Waals surface area contributed by atoms with Gasteiger partial charge >= 0.3 is 5.97 Å². The third kappa shape index (κ3) is 5.55. The Bertz CT molecular complexity index is 541. The van der Waals surface area contributed by atoms with E-state index in [1.807, 2.05) is 13.0 Å². The van der Waals surface area contributed by atoms with E-state index in [2.05, 4.69) is 13.8 Å². The number of benzene rings is 1. The van der Waals surface area contributed by atoms with Gasteiger partial charge in [-0.15, -0.1) is 0 Å². The molecule has 25 heavy (non-hydrogen) atoms. The van der Waals surface area contributed by atoms with Gasteiger partial charge in [0, 0.05) is 5.56 Å². The number of ether oxygens (including phenoxy) is 4. The summed E-state index contributed by atoms with van der Waals surface area (Å²) in [7, 11) is 4.67. The van der Waals surface area contributed by atoms with Crippen molar-refractivity contribution in [1.29, 1.82) is 0 Å². The van der Waals surface area contributed by atoms with Crippen LogP contribution in [0.15, 0.2) is 12.1 Å². The number of carbonyl (C=O) groups excluding carboxylic acids is 1. The smallest absolute Gasteiger partial charge is 0.313 e. The van der Waals surface area contributed by atoms with Crippen LogP contribution in [0.5, 0.6) is 17.2 Å². The summed E-state index contributed by atoms with van der Waals surface area (Å²) in [5.41, 5.74) is 0.728. The Labute approximate surface area is 151 Å². The van der Waals surface area contributed by atoms with Gasteiger partial charge < -0.3 is 18.9 Å². The molecule has 0 bridgehead atoms. The molecule has 2 unspecified atom stereocenters. The monoisotopic (exact) mass is 352 g/mol. The molecule has 0 aliphatic rings. The SMILES string of the molecule is CCCCC(CC)COC(=O)C(C)c1ccc(OC)c(OC)c1OC. The first-order valence-electron chi connectivity index (χ1n) is 8.99. The molecule has 0 heterocycles. The highest BCUT2D eigenvalue weighted by Gasteiger charge is 2.25. The number of hydrogen-bond donors (Lipinski definition) is 0. The van der Waals surface area contributed by atoms with Crippen molar-refractivity contribution in [1.82, 2.24) is 0 Å². The Morgan fingerprint density at radius 3 is 2.24 bits per heavy atom. The summed E-state index contributed by atoms with van der Waals surface area (Å²) in [5.74, 6) is 1.28. The number of unbranched alkanes of at least 4 members (excludes halogenated alkanes) is 1. The standard InChI is InChI=1S/C20H32O5/c1-7-9-10-15(8-2)13-25-20(21)14(3)16-11-12-17(22-4)19(24-6)18(16)23-5/h11-12,14-15H,7-10,13H2,1-6H3. The van der Waals surface area contributed by atoms with Crippen molar-refractivity contribution >= 4 is 5.97 Å². The average Bonchev–Trinajstić information content (AvgIpc) is 2.65. The number of hydrogen-bond acceptors (Lipinski definition) is 5. The number of carbonyl (C=O) groups is 1. The van der Waals surface area contributed by atoms with E-state index in [9.17, 15) is 4.79 Å².